The fourth-order valence-corrected chi connectivity index (χ4v) is 5.50. The molecule has 0 bridgehead atoms. The van der Waals surface area contributed by atoms with Gasteiger partial charge in [-0.05, 0) is 93.6 Å². The molecule has 0 aliphatic carbocycles. The molecule has 0 radical (unpaired) electrons. The van der Waals surface area contributed by atoms with Crippen LogP contribution < -0.4 is 10.5 Å². The van der Waals surface area contributed by atoms with Gasteiger partial charge < -0.3 is 20.5 Å². The monoisotopic (exact) mass is 547 g/mol. The molecule has 4 rings (SSSR count). The SMILES string of the molecule is COc1ccc2ncc(CN)c([C@@H](F)CCC3(C(=O)O)CCN(CCCc4cc(F)cc(F)c4F)CC3)c2c1. The summed E-state index contributed by atoms with van der Waals surface area (Å²) in [4.78, 5) is 18.8. The third-order valence-corrected chi connectivity index (χ3v) is 7.86. The molecule has 0 amide bonds. The van der Waals surface area contributed by atoms with Gasteiger partial charge in [0.2, 0.25) is 0 Å². The van der Waals surface area contributed by atoms with E-state index in [1.807, 2.05) is 0 Å². The second kappa shape index (κ2) is 12.3. The first-order valence-electron chi connectivity index (χ1n) is 13.1. The van der Waals surface area contributed by atoms with Crippen molar-refractivity contribution in [3.8, 4) is 5.75 Å². The highest BCUT2D eigenvalue weighted by Gasteiger charge is 2.41. The number of methoxy groups -OCH3 is 1. The summed E-state index contributed by atoms with van der Waals surface area (Å²) in [6, 6.07) is 6.73. The Labute approximate surface area is 224 Å². The number of nitrogens with two attached hydrogens (primary N) is 1. The molecule has 3 aromatic rings. The standard InChI is InChI=1S/C29H33F4N3O3/c1-39-21-4-5-25-22(15-21)26(19(16-34)17-35-25)23(31)6-7-29(28(37)38)8-11-36(12-9-29)10-2-3-18-13-20(30)14-24(32)27(18)33/h4-5,13-15,17,23H,2-3,6-12,16,34H2,1H3,(H,37,38)/t23-/m0/s1. The predicted molar refractivity (Wildman–Crippen MR) is 140 cm³/mol. The molecule has 210 valence electrons. The Morgan fingerprint density at radius 2 is 1.92 bits per heavy atom. The number of aliphatic carboxylic acids is 1. The van der Waals surface area contributed by atoms with Crippen LogP contribution in [-0.4, -0.2) is 47.7 Å². The minimum atomic E-state index is -1.43. The normalized spacial score (nSPS) is 16.4. The van der Waals surface area contributed by atoms with Gasteiger partial charge in [-0.1, -0.05) is 0 Å². The maximum atomic E-state index is 15.8. The van der Waals surface area contributed by atoms with Crippen molar-refractivity contribution < 1.29 is 32.2 Å². The van der Waals surface area contributed by atoms with Crippen molar-refractivity contribution in [3.63, 3.8) is 0 Å². The molecule has 2 aromatic carbocycles. The van der Waals surface area contributed by atoms with Crippen LogP contribution in [0.1, 0.15) is 55.0 Å². The largest absolute Gasteiger partial charge is 0.497 e. The maximum absolute atomic E-state index is 15.8. The average molecular weight is 548 g/mol. The Bertz CT molecular complexity index is 1320. The van der Waals surface area contributed by atoms with Crippen molar-refractivity contribution >= 4 is 16.9 Å². The number of hydrogen-bond donors (Lipinski definition) is 2. The van der Waals surface area contributed by atoms with Crippen molar-refractivity contribution in [2.45, 2.75) is 51.2 Å². The van der Waals surface area contributed by atoms with Gasteiger partial charge in [-0.15, -0.1) is 0 Å². The minimum Gasteiger partial charge on any atom is -0.497 e. The zero-order chi connectivity index (χ0) is 28.2. The number of hydrogen-bond acceptors (Lipinski definition) is 5. The van der Waals surface area contributed by atoms with Crippen LogP contribution in [-0.2, 0) is 17.8 Å². The number of likely N-dealkylation sites (tertiary alicyclic amines) is 1. The summed E-state index contributed by atoms with van der Waals surface area (Å²) in [5.41, 5.74) is 6.39. The van der Waals surface area contributed by atoms with E-state index < -0.39 is 35.0 Å². The lowest BCUT2D eigenvalue weighted by molar-refractivity contribution is -0.153. The van der Waals surface area contributed by atoms with Gasteiger partial charge in [-0.3, -0.25) is 9.78 Å². The zero-order valence-corrected chi connectivity index (χ0v) is 21.9. The number of alkyl halides is 1. The number of aromatic nitrogens is 1. The molecule has 1 fully saturated rings. The van der Waals surface area contributed by atoms with Gasteiger partial charge >= 0.3 is 5.97 Å². The topological polar surface area (TPSA) is 88.7 Å². The summed E-state index contributed by atoms with van der Waals surface area (Å²) < 4.78 is 61.9. The number of carbonyl (C=O) groups is 1. The van der Waals surface area contributed by atoms with Gasteiger partial charge in [-0.25, -0.2) is 17.6 Å². The fourth-order valence-electron chi connectivity index (χ4n) is 5.50. The highest BCUT2D eigenvalue weighted by atomic mass is 19.2. The van der Waals surface area contributed by atoms with Gasteiger partial charge in [0.15, 0.2) is 11.6 Å². The summed E-state index contributed by atoms with van der Waals surface area (Å²) in [6.45, 7) is 1.59. The van der Waals surface area contributed by atoms with Crippen LogP contribution >= 0.6 is 0 Å². The van der Waals surface area contributed by atoms with E-state index in [2.05, 4.69) is 9.88 Å². The van der Waals surface area contributed by atoms with Crippen molar-refractivity contribution in [1.29, 1.82) is 0 Å². The number of halogens is 4. The number of pyridine rings is 1. The smallest absolute Gasteiger partial charge is 0.309 e. The molecule has 1 atom stereocenters. The molecule has 1 aliphatic heterocycles. The maximum Gasteiger partial charge on any atom is 0.309 e. The van der Waals surface area contributed by atoms with Crippen LogP contribution in [0, 0.1) is 22.9 Å². The first-order chi connectivity index (χ1) is 18.7. The predicted octanol–water partition coefficient (Wildman–Crippen LogP) is 5.71. The van der Waals surface area contributed by atoms with Crippen LogP contribution in [0.2, 0.25) is 0 Å². The van der Waals surface area contributed by atoms with Crippen LogP contribution in [0.25, 0.3) is 10.9 Å². The summed E-state index contributed by atoms with van der Waals surface area (Å²) in [5, 5.41) is 10.7. The Morgan fingerprint density at radius 3 is 2.59 bits per heavy atom. The molecular formula is C29H33F4N3O3. The lowest BCUT2D eigenvalue weighted by Gasteiger charge is -2.39. The summed E-state index contributed by atoms with van der Waals surface area (Å²) in [7, 11) is 1.52. The van der Waals surface area contributed by atoms with Gasteiger partial charge in [-0.2, -0.15) is 0 Å². The molecular weight excluding hydrogens is 514 g/mol. The Hall–Kier alpha value is -3.24. The van der Waals surface area contributed by atoms with E-state index in [-0.39, 0.29) is 31.4 Å². The molecule has 39 heavy (non-hydrogen) atoms. The van der Waals surface area contributed by atoms with E-state index in [4.69, 9.17) is 10.5 Å². The zero-order valence-electron chi connectivity index (χ0n) is 21.9. The first kappa shape index (κ1) is 28.8. The average Bonchev–Trinajstić information content (AvgIpc) is 2.93. The number of nitrogens with zero attached hydrogens (tertiary/aromatic N) is 2. The summed E-state index contributed by atoms with van der Waals surface area (Å²) in [6.07, 6.45) is 1.61. The highest BCUT2D eigenvalue weighted by molar-refractivity contribution is 5.85. The summed E-state index contributed by atoms with van der Waals surface area (Å²) >= 11 is 0. The van der Waals surface area contributed by atoms with Crippen LogP contribution in [0.15, 0.2) is 36.5 Å². The third kappa shape index (κ3) is 6.33. The van der Waals surface area contributed by atoms with E-state index in [0.29, 0.717) is 72.7 Å². The molecule has 1 saturated heterocycles. The van der Waals surface area contributed by atoms with Gasteiger partial charge in [0.25, 0.3) is 0 Å². The number of aryl methyl sites for hydroxylation is 1. The van der Waals surface area contributed by atoms with E-state index in [1.54, 1.807) is 24.4 Å². The van der Waals surface area contributed by atoms with Gasteiger partial charge in [0.1, 0.15) is 17.7 Å². The third-order valence-electron chi connectivity index (χ3n) is 7.86. The lowest BCUT2D eigenvalue weighted by Crippen LogP contribution is -2.44. The Morgan fingerprint density at radius 1 is 1.18 bits per heavy atom. The molecule has 1 aliphatic rings. The van der Waals surface area contributed by atoms with Gasteiger partial charge in [0.05, 0.1) is 18.0 Å². The van der Waals surface area contributed by atoms with Crippen LogP contribution in [0.4, 0.5) is 17.6 Å². The number of ether oxygens (including phenoxy) is 1. The molecule has 2 heterocycles. The summed E-state index contributed by atoms with van der Waals surface area (Å²) in [5.74, 6) is -3.47. The molecule has 10 heteroatoms. The van der Waals surface area contributed by atoms with E-state index in [1.165, 1.54) is 7.11 Å². The van der Waals surface area contributed by atoms with Crippen LogP contribution in [0.5, 0.6) is 5.75 Å². The highest BCUT2D eigenvalue weighted by Crippen LogP contribution is 2.41. The number of fused-ring (bicyclic) bond motifs is 1. The number of carboxylic acid groups (broad SMARTS) is 1. The number of benzene rings is 2. The van der Waals surface area contributed by atoms with Crippen molar-refractivity contribution in [1.82, 2.24) is 9.88 Å². The molecule has 0 unspecified atom stereocenters. The fraction of sp³-hybridized carbons (Fsp3) is 0.448. The molecule has 3 N–H and O–H groups in total. The first-order valence-corrected chi connectivity index (χ1v) is 13.1. The van der Waals surface area contributed by atoms with Crippen molar-refractivity contribution in [3.05, 3.63) is 70.7 Å². The second-order valence-electron chi connectivity index (χ2n) is 10.2. The quantitative estimate of drug-likeness (QED) is 0.236. The number of piperidine rings is 1. The van der Waals surface area contributed by atoms with Gasteiger partial charge in [0, 0.05) is 29.8 Å². The molecule has 1 aromatic heterocycles. The minimum absolute atomic E-state index is 0.0139. The molecule has 0 spiro atoms. The molecule has 0 saturated carbocycles. The number of carboxylic acids is 1. The lowest BCUT2D eigenvalue weighted by atomic mass is 9.74. The Balaban J connectivity index is 1.39. The van der Waals surface area contributed by atoms with Crippen molar-refractivity contribution in [2.75, 3.05) is 26.7 Å². The number of rotatable bonds is 11. The van der Waals surface area contributed by atoms with E-state index >= 15 is 4.39 Å². The van der Waals surface area contributed by atoms with Crippen molar-refractivity contribution in [2.24, 2.45) is 11.1 Å². The van der Waals surface area contributed by atoms with E-state index in [0.717, 1.165) is 6.07 Å². The molecule has 6 nitrogen and oxygen atoms in total. The van der Waals surface area contributed by atoms with Crippen LogP contribution in [0.3, 0.4) is 0 Å². The Kier molecular flexibility index (Phi) is 9.07. The van der Waals surface area contributed by atoms with E-state index in [9.17, 15) is 23.1 Å². The second-order valence-corrected chi connectivity index (χ2v) is 10.2.